The molecule has 0 unspecified atom stereocenters. The number of para-hydroxylation sites is 1. The van der Waals surface area contributed by atoms with E-state index in [1.165, 1.54) is 17.5 Å². The van der Waals surface area contributed by atoms with Gasteiger partial charge in [0.2, 0.25) is 15.9 Å². The maximum atomic E-state index is 13.3. The molecule has 1 aliphatic carbocycles. The average Bonchev–Trinajstić information content (AvgIpc) is 2.84. The number of anilines is 1. The van der Waals surface area contributed by atoms with Crippen LogP contribution < -0.4 is 9.64 Å². The summed E-state index contributed by atoms with van der Waals surface area (Å²) in [5.74, 6) is 2.55. The highest BCUT2D eigenvalue weighted by atomic mass is 32.2. The van der Waals surface area contributed by atoms with Crippen molar-refractivity contribution in [3.63, 3.8) is 0 Å². The van der Waals surface area contributed by atoms with E-state index in [1.54, 1.807) is 10.4 Å². The predicted octanol–water partition coefficient (Wildman–Crippen LogP) is 3.97. The molecule has 0 spiro atoms. The molecule has 8 heteroatoms. The number of sulfonamides is 1. The minimum absolute atomic E-state index is 0.410. The molecule has 172 valence electrons. The van der Waals surface area contributed by atoms with Gasteiger partial charge in [0.1, 0.15) is 17.4 Å². The first-order valence-electron chi connectivity index (χ1n) is 11.4. The number of aryl methyl sites for hydroxylation is 3. The lowest BCUT2D eigenvalue weighted by Crippen LogP contribution is -2.49. The van der Waals surface area contributed by atoms with Gasteiger partial charge in [-0.15, -0.1) is 0 Å². The van der Waals surface area contributed by atoms with Gasteiger partial charge in [0.25, 0.3) is 0 Å². The topological polar surface area (TPSA) is 75.6 Å². The minimum Gasteiger partial charge on any atom is -0.439 e. The van der Waals surface area contributed by atoms with Crippen LogP contribution in [0.25, 0.3) is 0 Å². The lowest BCUT2D eigenvalue weighted by atomic mass is 9.92. The molecule has 0 bridgehead atoms. The van der Waals surface area contributed by atoms with Gasteiger partial charge in [0, 0.05) is 32.2 Å². The molecular weight excluding hydrogens is 436 g/mol. The van der Waals surface area contributed by atoms with Crippen LogP contribution in [-0.2, 0) is 22.9 Å². The van der Waals surface area contributed by atoms with Crippen LogP contribution in [0, 0.1) is 6.92 Å². The first-order chi connectivity index (χ1) is 16.0. The second kappa shape index (κ2) is 9.11. The Morgan fingerprint density at radius 1 is 0.848 bits per heavy atom. The Hall–Kier alpha value is -2.97. The summed E-state index contributed by atoms with van der Waals surface area (Å²) >= 11 is 0. The van der Waals surface area contributed by atoms with Crippen LogP contribution in [0.5, 0.6) is 11.6 Å². The molecule has 1 aromatic heterocycles. The van der Waals surface area contributed by atoms with E-state index in [9.17, 15) is 8.42 Å². The smallest absolute Gasteiger partial charge is 0.243 e. The summed E-state index contributed by atoms with van der Waals surface area (Å²) in [4.78, 5) is 11.4. The molecule has 1 aliphatic heterocycles. The summed E-state index contributed by atoms with van der Waals surface area (Å²) in [5, 5.41) is 0. The van der Waals surface area contributed by atoms with Gasteiger partial charge in [-0.1, -0.05) is 24.3 Å². The van der Waals surface area contributed by atoms with Crippen molar-refractivity contribution < 1.29 is 13.2 Å². The molecule has 2 aromatic carbocycles. The van der Waals surface area contributed by atoms with Crippen LogP contribution in [0.2, 0.25) is 0 Å². The van der Waals surface area contributed by atoms with E-state index < -0.39 is 10.0 Å². The Kier molecular flexibility index (Phi) is 6.03. The van der Waals surface area contributed by atoms with Crippen molar-refractivity contribution in [2.24, 2.45) is 0 Å². The highest BCUT2D eigenvalue weighted by Crippen LogP contribution is 2.28. The van der Waals surface area contributed by atoms with Gasteiger partial charge in [-0.05, 0) is 68.0 Å². The minimum atomic E-state index is -3.51. The molecule has 1 saturated heterocycles. The molecule has 0 atom stereocenters. The summed E-state index contributed by atoms with van der Waals surface area (Å²) < 4.78 is 34.1. The normalized spacial score (nSPS) is 16.9. The first-order valence-corrected chi connectivity index (χ1v) is 12.9. The van der Waals surface area contributed by atoms with E-state index >= 15 is 0 Å². The third-order valence-corrected chi connectivity index (χ3v) is 8.18. The van der Waals surface area contributed by atoms with Crippen molar-refractivity contribution in [1.82, 2.24) is 14.3 Å². The van der Waals surface area contributed by atoms with Gasteiger partial charge in [0.05, 0.1) is 4.90 Å². The van der Waals surface area contributed by atoms with Crippen LogP contribution in [0.4, 0.5) is 5.82 Å². The summed E-state index contributed by atoms with van der Waals surface area (Å²) in [6.07, 6.45) is 4.32. The highest BCUT2D eigenvalue weighted by Gasteiger charge is 2.30. The van der Waals surface area contributed by atoms with E-state index in [0.717, 1.165) is 25.1 Å². The number of nitrogens with zero attached hydrogens (tertiary/aromatic N) is 4. The molecule has 0 radical (unpaired) electrons. The number of hydrogen-bond acceptors (Lipinski definition) is 6. The van der Waals surface area contributed by atoms with Crippen molar-refractivity contribution in [3.05, 3.63) is 71.5 Å². The molecule has 0 amide bonds. The zero-order valence-electron chi connectivity index (χ0n) is 18.8. The second-order valence-electron chi connectivity index (χ2n) is 8.56. The van der Waals surface area contributed by atoms with Gasteiger partial charge in [-0.25, -0.2) is 13.4 Å². The van der Waals surface area contributed by atoms with E-state index in [2.05, 4.69) is 14.9 Å². The summed E-state index contributed by atoms with van der Waals surface area (Å²) in [6, 6.07) is 17.0. The summed E-state index contributed by atoms with van der Waals surface area (Å²) in [6.45, 7) is 3.78. The van der Waals surface area contributed by atoms with Gasteiger partial charge < -0.3 is 9.64 Å². The average molecular weight is 465 g/mol. The molecular formula is C25H28N4O3S. The molecule has 5 rings (SSSR count). The third kappa shape index (κ3) is 4.72. The number of aromatic nitrogens is 2. The Morgan fingerprint density at radius 2 is 1.58 bits per heavy atom. The van der Waals surface area contributed by atoms with Crippen LogP contribution in [0.1, 0.15) is 29.8 Å². The van der Waals surface area contributed by atoms with Crippen LogP contribution in [0.15, 0.2) is 59.5 Å². The SMILES string of the molecule is Cc1nc(Oc2ccccc2)cc(N2CCN(S(=O)(=O)c3ccc4c(c3)CCCC4)CC2)n1. The number of hydrogen-bond donors (Lipinski definition) is 0. The molecule has 0 saturated carbocycles. The van der Waals surface area contributed by atoms with E-state index in [0.29, 0.717) is 48.5 Å². The summed E-state index contributed by atoms with van der Waals surface area (Å²) in [5.41, 5.74) is 2.47. The molecule has 1 fully saturated rings. The maximum Gasteiger partial charge on any atom is 0.243 e. The molecule has 3 aromatic rings. The molecule has 0 N–H and O–H groups in total. The number of benzene rings is 2. The Labute approximate surface area is 195 Å². The highest BCUT2D eigenvalue weighted by molar-refractivity contribution is 7.89. The Morgan fingerprint density at radius 3 is 2.33 bits per heavy atom. The largest absolute Gasteiger partial charge is 0.439 e. The van der Waals surface area contributed by atoms with E-state index in [1.807, 2.05) is 55.5 Å². The second-order valence-corrected chi connectivity index (χ2v) is 10.5. The monoisotopic (exact) mass is 464 g/mol. The van der Waals surface area contributed by atoms with Crippen LogP contribution in [-0.4, -0.2) is 48.9 Å². The zero-order valence-corrected chi connectivity index (χ0v) is 19.6. The lowest BCUT2D eigenvalue weighted by molar-refractivity contribution is 0.383. The number of ether oxygens (including phenoxy) is 1. The quantitative estimate of drug-likeness (QED) is 0.569. The van der Waals surface area contributed by atoms with Crippen molar-refractivity contribution in [2.45, 2.75) is 37.5 Å². The molecule has 7 nitrogen and oxygen atoms in total. The van der Waals surface area contributed by atoms with Gasteiger partial charge >= 0.3 is 0 Å². The molecule has 2 heterocycles. The van der Waals surface area contributed by atoms with Crippen molar-refractivity contribution in [3.8, 4) is 11.6 Å². The Bertz CT molecular complexity index is 1240. The fourth-order valence-electron chi connectivity index (χ4n) is 4.53. The van der Waals surface area contributed by atoms with E-state index in [-0.39, 0.29) is 0 Å². The predicted molar refractivity (Wildman–Crippen MR) is 127 cm³/mol. The first kappa shape index (κ1) is 21.9. The fraction of sp³-hybridized carbons (Fsp3) is 0.360. The Balaban J connectivity index is 1.29. The van der Waals surface area contributed by atoms with Crippen molar-refractivity contribution >= 4 is 15.8 Å². The zero-order chi connectivity index (χ0) is 22.8. The van der Waals surface area contributed by atoms with Gasteiger partial charge in [-0.2, -0.15) is 9.29 Å². The van der Waals surface area contributed by atoms with Crippen LogP contribution in [0.3, 0.4) is 0 Å². The van der Waals surface area contributed by atoms with Crippen LogP contribution >= 0.6 is 0 Å². The lowest BCUT2D eigenvalue weighted by Gasteiger charge is -2.35. The van der Waals surface area contributed by atoms with Crippen molar-refractivity contribution in [1.29, 1.82) is 0 Å². The number of piperazine rings is 1. The third-order valence-electron chi connectivity index (χ3n) is 6.29. The molecule has 2 aliphatic rings. The van der Waals surface area contributed by atoms with Gasteiger partial charge in [-0.3, -0.25) is 0 Å². The molecule has 33 heavy (non-hydrogen) atoms. The fourth-order valence-corrected chi connectivity index (χ4v) is 6.00. The van der Waals surface area contributed by atoms with E-state index in [4.69, 9.17) is 4.74 Å². The standard InChI is InChI=1S/C25H28N4O3S/c1-19-26-24(18-25(27-19)32-22-9-3-2-4-10-22)28-13-15-29(16-14-28)33(30,31)23-12-11-20-7-5-6-8-21(20)17-23/h2-4,9-12,17-18H,5-8,13-16H2,1H3. The summed E-state index contributed by atoms with van der Waals surface area (Å²) in [7, 11) is -3.51. The maximum absolute atomic E-state index is 13.3. The number of rotatable bonds is 5. The van der Waals surface area contributed by atoms with Gasteiger partial charge in [0.15, 0.2) is 0 Å². The number of fused-ring (bicyclic) bond motifs is 1. The van der Waals surface area contributed by atoms with Crippen molar-refractivity contribution in [2.75, 3.05) is 31.1 Å².